The molecule has 1 unspecified atom stereocenters. The molecule has 0 saturated carbocycles. The van der Waals surface area contributed by atoms with Gasteiger partial charge in [0, 0.05) is 19.3 Å². The van der Waals surface area contributed by atoms with E-state index < -0.39 is 6.10 Å². The number of carbonyl (C=O) groups excluding carboxylic acids is 3. The number of carbonyl (C=O) groups is 3. The van der Waals surface area contributed by atoms with E-state index in [4.69, 9.17) is 14.2 Å². The van der Waals surface area contributed by atoms with Gasteiger partial charge in [-0.3, -0.25) is 14.4 Å². The zero-order valence-corrected chi connectivity index (χ0v) is 50.4. The second kappa shape index (κ2) is 64.8. The first-order valence-corrected chi connectivity index (χ1v) is 31.8. The average Bonchev–Trinajstić information content (AvgIpc) is 3.44. The predicted molar refractivity (Wildman–Crippen MR) is 339 cm³/mol. The van der Waals surface area contributed by atoms with Gasteiger partial charge in [0.25, 0.3) is 0 Å². The molecule has 6 heteroatoms. The first-order valence-electron chi connectivity index (χ1n) is 31.8. The van der Waals surface area contributed by atoms with Crippen LogP contribution in [0.2, 0.25) is 0 Å². The maximum atomic E-state index is 12.9. The lowest BCUT2D eigenvalue weighted by molar-refractivity contribution is -0.167. The lowest BCUT2D eigenvalue weighted by Gasteiger charge is -2.18. The van der Waals surface area contributed by atoms with Crippen LogP contribution in [0.1, 0.15) is 271 Å². The molecule has 0 aromatic rings. The zero-order chi connectivity index (χ0) is 56.4. The maximum Gasteiger partial charge on any atom is 0.306 e. The van der Waals surface area contributed by atoms with Gasteiger partial charge in [-0.1, -0.05) is 276 Å². The minimum Gasteiger partial charge on any atom is -0.462 e. The fraction of sp³-hybridized carbons (Fsp3) is 0.625. The standard InChI is InChI=1S/C72H116O6/c1-4-7-10-13-16-19-22-25-27-29-31-32-33-34-35-36-37-38-39-40-42-43-45-47-50-53-56-59-62-65-71(74)77-68-69(67-76-70(73)64-61-58-55-52-49-24-21-18-15-12-9-6-3)78-72(75)66-63-60-57-54-51-48-46-44-41-30-28-26-23-20-17-14-11-8-5-2/h7-8,10-11,16-17,19-20,25-28,31-32,34-35,37-38,40-42,44-45,47,69H,4-6,9,12-15,18,21-24,29-30,33,36,39,43,46,48-68H2,1-3H3/b10-7-,11-8-,19-16-,20-17-,27-25-,28-26-,32-31-,35-34-,38-37-,42-40-,44-41-,47-45-. The first-order chi connectivity index (χ1) is 38.5. The molecule has 0 radical (unpaired) electrons. The van der Waals surface area contributed by atoms with Gasteiger partial charge in [-0.15, -0.1) is 0 Å². The van der Waals surface area contributed by atoms with Gasteiger partial charge in [-0.05, 0) is 122 Å². The Hall–Kier alpha value is -4.71. The van der Waals surface area contributed by atoms with Crippen molar-refractivity contribution < 1.29 is 28.6 Å². The zero-order valence-electron chi connectivity index (χ0n) is 50.4. The van der Waals surface area contributed by atoms with Crippen molar-refractivity contribution in [2.24, 2.45) is 0 Å². The van der Waals surface area contributed by atoms with Gasteiger partial charge in [-0.2, -0.15) is 0 Å². The van der Waals surface area contributed by atoms with Crippen molar-refractivity contribution in [3.8, 4) is 0 Å². The van der Waals surface area contributed by atoms with E-state index in [2.05, 4.69) is 167 Å². The highest BCUT2D eigenvalue weighted by atomic mass is 16.6. The molecule has 0 fully saturated rings. The van der Waals surface area contributed by atoms with Crippen LogP contribution in [-0.2, 0) is 28.6 Å². The minimum atomic E-state index is -0.802. The van der Waals surface area contributed by atoms with Crippen LogP contribution in [0.15, 0.2) is 146 Å². The van der Waals surface area contributed by atoms with Gasteiger partial charge in [0.05, 0.1) is 0 Å². The molecule has 78 heavy (non-hydrogen) atoms. The summed E-state index contributed by atoms with van der Waals surface area (Å²) in [6, 6.07) is 0. The van der Waals surface area contributed by atoms with Crippen molar-refractivity contribution in [2.45, 2.75) is 277 Å². The monoisotopic (exact) mass is 1080 g/mol. The number of hydrogen-bond acceptors (Lipinski definition) is 6. The molecule has 0 aromatic carbocycles. The lowest BCUT2D eigenvalue weighted by Crippen LogP contribution is -2.30. The van der Waals surface area contributed by atoms with Crippen LogP contribution in [0.3, 0.4) is 0 Å². The summed E-state index contributed by atoms with van der Waals surface area (Å²) < 4.78 is 16.9. The molecule has 0 rings (SSSR count). The molecule has 1 atom stereocenters. The second-order valence-electron chi connectivity index (χ2n) is 20.6. The summed E-state index contributed by atoms with van der Waals surface area (Å²) in [5, 5.41) is 0. The molecule has 0 aliphatic rings. The van der Waals surface area contributed by atoms with E-state index in [9.17, 15) is 14.4 Å². The van der Waals surface area contributed by atoms with E-state index in [0.29, 0.717) is 19.3 Å². The molecule has 440 valence electrons. The molecular formula is C72H116O6. The molecular weight excluding hydrogens is 961 g/mol. The Morgan fingerprint density at radius 1 is 0.269 bits per heavy atom. The van der Waals surface area contributed by atoms with Gasteiger partial charge in [0.15, 0.2) is 6.10 Å². The maximum absolute atomic E-state index is 12.9. The van der Waals surface area contributed by atoms with E-state index in [1.54, 1.807) is 0 Å². The van der Waals surface area contributed by atoms with Gasteiger partial charge >= 0.3 is 17.9 Å². The van der Waals surface area contributed by atoms with E-state index in [1.807, 2.05) is 0 Å². The Morgan fingerprint density at radius 3 is 0.782 bits per heavy atom. The number of allylic oxidation sites excluding steroid dienone is 24. The number of hydrogen-bond donors (Lipinski definition) is 0. The number of rotatable bonds is 56. The molecule has 0 saturated heterocycles. The summed E-state index contributed by atoms with van der Waals surface area (Å²) >= 11 is 0. The molecule has 0 bridgehead atoms. The largest absolute Gasteiger partial charge is 0.462 e. The Bertz CT molecular complexity index is 1710. The van der Waals surface area contributed by atoms with E-state index in [1.165, 1.54) is 70.6 Å². The third kappa shape index (κ3) is 62.1. The summed E-state index contributed by atoms with van der Waals surface area (Å²) in [6.07, 6.45) is 92.7. The quantitative estimate of drug-likeness (QED) is 0.0261. The van der Waals surface area contributed by atoms with Crippen molar-refractivity contribution in [2.75, 3.05) is 13.2 Å². The minimum absolute atomic E-state index is 0.0951. The molecule has 0 aliphatic carbocycles. The van der Waals surface area contributed by atoms with Crippen molar-refractivity contribution >= 4 is 17.9 Å². The Morgan fingerprint density at radius 2 is 0.500 bits per heavy atom. The SMILES string of the molecule is CC/C=C\C/C=C\C/C=C\C/C=C\C/C=C\C/C=C\C/C=C\C/C=C\CCCCCCC(=O)OCC(COC(=O)CCCCCCCCCCCCCC)OC(=O)CCCCCCCC/C=C\C/C=C\C/C=C\C/C=C\CC. The predicted octanol–water partition coefficient (Wildman–Crippen LogP) is 21.9. The molecule has 0 aliphatic heterocycles. The van der Waals surface area contributed by atoms with E-state index in [0.717, 1.165) is 161 Å². The normalized spacial score (nSPS) is 13.1. The highest BCUT2D eigenvalue weighted by molar-refractivity contribution is 5.71. The van der Waals surface area contributed by atoms with Gasteiger partial charge in [0.1, 0.15) is 13.2 Å². The van der Waals surface area contributed by atoms with Crippen LogP contribution in [0.25, 0.3) is 0 Å². The summed E-state index contributed by atoms with van der Waals surface area (Å²) in [6.45, 7) is 6.38. The van der Waals surface area contributed by atoms with Gasteiger partial charge in [0.2, 0.25) is 0 Å². The van der Waals surface area contributed by atoms with Crippen molar-refractivity contribution in [1.82, 2.24) is 0 Å². The van der Waals surface area contributed by atoms with E-state index in [-0.39, 0.29) is 31.1 Å². The highest BCUT2D eigenvalue weighted by Crippen LogP contribution is 2.15. The summed E-state index contributed by atoms with van der Waals surface area (Å²) in [7, 11) is 0. The number of esters is 3. The third-order valence-corrected chi connectivity index (χ3v) is 13.1. The van der Waals surface area contributed by atoms with Crippen LogP contribution in [0, 0.1) is 0 Å². The summed E-state index contributed by atoms with van der Waals surface area (Å²) in [4.78, 5) is 38.3. The smallest absolute Gasteiger partial charge is 0.306 e. The van der Waals surface area contributed by atoms with E-state index >= 15 is 0 Å². The molecule has 0 heterocycles. The lowest BCUT2D eigenvalue weighted by atomic mass is 10.0. The van der Waals surface area contributed by atoms with Gasteiger partial charge < -0.3 is 14.2 Å². The summed E-state index contributed by atoms with van der Waals surface area (Å²) in [5.41, 5.74) is 0. The molecule has 0 N–H and O–H groups in total. The molecule has 0 aromatic heterocycles. The highest BCUT2D eigenvalue weighted by Gasteiger charge is 2.19. The summed E-state index contributed by atoms with van der Waals surface area (Å²) in [5.74, 6) is -0.936. The molecule has 0 spiro atoms. The average molecular weight is 1080 g/mol. The Kier molecular flexibility index (Phi) is 60.9. The first kappa shape index (κ1) is 73.3. The van der Waals surface area contributed by atoms with Crippen molar-refractivity contribution in [3.63, 3.8) is 0 Å². The van der Waals surface area contributed by atoms with Gasteiger partial charge in [-0.25, -0.2) is 0 Å². The second-order valence-corrected chi connectivity index (χ2v) is 20.6. The molecule has 0 amide bonds. The fourth-order valence-electron chi connectivity index (χ4n) is 8.39. The molecule has 6 nitrogen and oxygen atoms in total. The Balaban J connectivity index is 4.40. The number of ether oxygens (including phenoxy) is 3. The fourth-order valence-corrected chi connectivity index (χ4v) is 8.39. The van der Waals surface area contributed by atoms with Crippen molar-refractivity contribution in [1.29, 1.82) is 0 Å². The van der Waals surface area contributed by atoms with Crippen LogP contribution in [-0.4, -0.2) is 37.2 Å². The topological polar surface area (TPSA) is 78.9 Å². The van der Waals surface area contributed by atoms with Crippen molar-refractivity contribution in [3.05, 3.63) is 146 Å². The van der Waals surface area contributed by atoms with Crippen LogP contribution in [0.4, 0.5) is 0 Å². The Labute approximate surface area is 480 Å². The van der Waals surface area contributed by atoms with Crippen LogP contribution < -0.4 is 0 Å². The van der Waals surface area contributed by atoms with Crippen LogP contribution in [0.5, 0.6) is 0 Å². The number of unbranched alkanes of at least 4 members (excludes halogenated alkanes) is 21. The third-order valence-electron chi connectivity index (χ3n) is 13.1. The van der Waals surface area contributed by atoms with Crippen LogP contribution >= 0.6 is 0 Å².